The first-order valence-electron chi connectivity index (χ1n) is 14.0. The van der Waals surface area contributed by atoms with Crippen molar-refractivity contribution in [1.82, 2.24) is 9.80 Å². The second-order valence-corrected chi connectivity index (χ2v) is 10.7. The normalized spacial score (nSPS) is 17.0. The van der Waals surface area contributed by atoms with Crippen molar-refractivity contribution in [3.8, 4) is 0 Å². The minimum Gasteiger partial charge on any atom is -0.383 e. The molecule has 1 atom stereocenters. The highest BCUT2D eigenvalue weighted by molar-refractivity contribution is 6.34. The molecule has 232 valence electrons. The molecule has 8 nitrogen and oxygen atoms in total. The van der Waals surface area contributed by atoms with E-state index in [9.17, 15) is 27.9 Å². The first-order valence-corrected chi connectivity index (χ1v) is 14.4. The molecule has 2 aliphatic rings. The third-order valence-electron chi connectivity index (χ3n) is 7.46. The number of aliphatic hydroxyl groups is 1. The molecule has 12 heteroatoms. The molecule has 0 aromatic heterocycles. The minimum absolute atomic E-state index is 0.118. The van der Waals surface area contributed by atoms with Gasteiger partial charge < -0.3 is 29.3 Å². The van der Waals surface area contributed by atoms with Crippen molar-refractivity contribution < 1.29 is 37.3 Å². The average Bonchev–Trinajstić information content (AvgIpc) is 2.99. The lowest BCUT2D eigenvalue weighted by Gasteiger charge is -2.38. The van der Waals surface area contributed by atoms with Crippen LogP contribution in [0, 0.1) is 0 Å². The van der Waals surface area contributed by atoms with Gasteiger partial charge in [-0.2, -0.15) is 13.2 Å². The molecule has 0 radical (unpaired) electrons. The Morgan fingerprint density at radius 3 is 2.12 bits per heavy atom. The van der Waals surface area contributed by atoms with E-state index >= 15 is 0 Å². The fourth-order valence-corrected chi connectivity index (χ4v) is 5.35. The molecule has 2 heterocycles. The summed E-state index contributed by atoms with van der Waals surface area (Å²) in [7, 11) is 3.35. The van der Waals surface area contributed by atoms with Gasteiger partial charge in [-0.1, -0.05) is 41.9 Å². The lowest BCUT2D eigenvalue weighted by atomic mass is 10.0. The number of carbonyl (C=O) groups excluding carboxylic acids is 2. The van der Waals surface area contributed by atoms with Crippen LogP contribution in [-0.2, 0) is 14.3 Å². The zero-order valence-electron chi connectivity index (χ0n) is 23.9. The topological polar surface area (TPSA) is 82.6 Å². The largest absolute Gasteiger partial charge is 0.383 e. The smallest absolute Gasteiger partial charge is 0.379 e. The Kier molecular flexibility index (Phi) is 13.4. The van der Waals surface area contributed by atoms with Crippen molar-refractivity contribution >= 4 is 29.1 Å². The Morgan fingerprint density at radius 1 is 1.00 bits per heavy atom. The van der Waals surface area contributed by atoms with Gasteiger partial charge in [0.15, 0.2) is 6.10 Å². The molecule has 0 unspecified atom stereocenters. The van der Waals surface area contributed by atoms with Crippen molar-refractivity contribution in [3.05, 3.63) is 64.7 Å². The highest BCUT2D eigenvalue weighted by Gasteiger charge is 2.30. The molecular weight excluding hydrogens is 575 g/mol. The first kappa shape index (κ1) is 33.6. The van der Waals surface area contributed by atoms with Crippen LogP contribution in [-0.4, -0.2) is 99.1 Å². The number of benzene rings is 2. The number of piperidine rings is 2. The maximum atomic E-state index is 12.7. The van der Waals surface area contributed by atoms with Crippen LogP contribution in [0.4, 0.5) is 18.9 Å². The van der Waals surface area contributed by atoms with Crippen LogP contribution in [0.3, 0.4) is 0 Å². The molecule has 42 heavy (non-hydrogen) atoms. The summed E-state index contributed by atoms with van der Waals surface area (Å²) in [5, 5.41) is 10.9. The third kappa shape index (κ3) is 9.86. The van der Waals surface area contributed by atoms with E-state index < -0.39 is 12.8 Å². The van der Waals surface area contributed by atoms with E-state index in [1.807, 2.05) is 30.3 Å². The first-order chi connectivity index (χ1) is 20.1. The Labute approximate surface area is 249 Å². The third-order valence-corrected chi connectivity index (χ3v) is 7.77. The molecule has 2 aromatic carbocycles. The monoisotopic (exact) mass is 613 g/mol. The number of hydrogen-bond donors (Lipinski definition) is 1. The molecule has 0 bridgehead atoms. The summed E-state index contributed by atoms with van der Waals surface area (Å²) in [6.07, 6.45) is 2.55. The molecule has 0 spiro atoms. The number of amides is 2. The maximum Gasteiger partial charge on any atom is 0.379 e. The number of methoxy groups -OCH3 is 1. The van der Waals surface area contributed by atoms with Gasteiger partial charge in [-0.05, 0) is 49.4 Å². The summed E-state index contributed by atoms with van der Waals surface area (Å²) in [4.78, 5) is 31.0. The lowest BCUT2D eigenvalue weighted by molar-refractivity contribution is -0.144. The van der Waals surface area contributed by atoms with Gasteiger partial charge in [-0.25, -0.2) is 0 Å². The number of hydrogen-bond acceptors (Lipinski definition) is 6. The highest BCUT2D eigenvalue weighted by atomic mass is 35.5. The summed E-state index contributed by atoms with van der Waals surface area (Å²) in [5.41, 5.74) is 2.13. The van der Waals surface area contributed by atoms with Gasteiger partial charge in [0, 0.05) is 52.6 Å². The Balaban J connectivity index is 0.00000114. The molecule has 2 aromatic rings. The van der Waals surface area contributed by atoms with Crippen molar-refractivity contribution in [2.45, 2.75) is 50.7 Å². The van der Waals surface area contributed by atoms with Crippen LogP contribution in [0.15, 0.2) is 48.5 Å². The highest BCUT2D eigenvalue weighted by Crippen LogP contribution is 2.29. The zero-order chi connectivity index (χ0) is 30.6. The fourth-order valence-electron chi connectivity index (χ4n) is 5.09. The van der Waals surface area contributed by atoms with Crippen molar-refractivity contribution in [3.63, 3.8) is 0 Å². The molecule has 0 saturated carbocycles. The van der Waals surface area contributed by atoms with Gasteiger partial charge in [0.25, 0.3) is 11.8 Å². The van der Waals surface area contributed by atoms with Crippen LogP contribution in [0.2, 0.25) is 5.02 Å². The van der Waals surface area contributed by atoms with Gasteiger partial charge in [0.2, 0.25) is 0 Å². The number of anilines is 1. The summed E-state index contributed by atoms with van der Waals surface area (Å²) in [6, 6.07) is 14.7. The van der Waals surface area contributed by atoms with Crippen LogP contribution in [0.25, 0.3) is 0 Å². The van der Waals surface area contributed by atoms with Crippen molar-refractivity contribution in [1.29, 1.82) is 0 Å². The molecule has 2 fully saturated rings. The minimum atomic E-state index is -3.67. The van der Waals surface area contributed by atoms with Gasteiger partial charge in [0.05, 0.1) is 29.4 Å². The van der Waals surface area contributed by atoms with Gasteiger partial charge >= 0.3 is 6.68 Å². The van der Waals surface area contributed by atoms with Crippen LogP contribution in [0.1, 0.15) is 47.7 Å². The number of rotatable bonds is 9. The van der Waals surface area contributed by atoms with Gasteiger partial charge in [-0.3, -0.25) is 9.59 Å². The van der Waals surface area contributed by atoms with E-state index in [-0.39, 0.29) is 24.0 Å². The fraction of sp³-hybridized carbons (Fsp3) is 0.533. The predicted octanol–water partition coefficient (Wildman–Crippen LogP) is 4.95. The maximum absolute atomic E-state index is 12.7. The number of nitrogens with zero attached hydrogens (tertiary/aromatic N) is 3. The molecule has 2 aliphatic heterocycles. The van der Waals surface area contributed by atoms with Crippen molar-refractivity contribution in [2.24, 2.45) is 0 Å². The number of likely N-dealkylation sites (N-methyl/N-ethyl adjacent to an activating group) is 1. The summed E-state index contributed by atoms with van der Waals surface area (Å²) < 4.78 is 40.5. The van der Waals surface area contributed by atoms with Gasteiger partial charge in [-0.15, -0.1) is 0 Å². The summed E-state index contributed by atoms with van der Waals surface area (Å²) in [6.45, 7) is 0.202. The second-order valence-electron chi connectivity index (χ2n) is 10.3. The number of halogens is 4. The van der Waals surface area contributed by atoms with Crippen LogP contribution in [0.5, 0.6) is 0 Å². The van der Waals surface area contributed by atoms with E-state index in [2.05, 4.69) is 4.90 Å². The number of ether oxygens (including phenoxy) is 2. The molecule has 2 amide bonds. The number of carbonyl (C=O) groups is 2. The Morgan fingerprint density at radius 2 is 1.57 bits per heavy atom. The summed E-state index contributed by atoms with van der Waals surface area (Å²) in [5.74, 6) is -0.357. The van der Waals surface area contributed by atoms with Crippen molar-refractivity contribution in [2.75, 3.05) is 58.4 Å². The number of likely N-dealkylation sites (tertiary alicyclic amines) is 1. The number of aliphatic hydroxyl groups excluding tert-OH is 1. The van der Waals surface area contributed by atoms with Gasteiger partial charge in [0.1, 0.15) is 0 Å². The SMILES string of the molecule is COCCN(C)C(=O)c1ccc(N2CCC(OC3CCN(C(=O)[C@H](O)c4ccccc4)CC3)CC2)cc1Cl.FC(F)F. The summed E-state index contributed by atoms with van der Waals surface area (Å²) >= 11 is 6.49. The van der Waals surface area contributed by atoms with E-state index in [1.165, 1.54) is 0 Å². The lowest BCUT2D eigenvalue weighted by Crippen LogP contribution is -2.45. The zero-order valence-corrected chi connectivity index (χ0v) is 24.7. The van der Waals surface area contributed by atoms with E-state index in [0.29, 0.717) is 42.4 Å². The molecule has 4 rings (SSSR count). The van der Waals surface area contributed by atoms with E-state index in [4.69, 9.17) is 21.1 Å². The molecule has 1 N–H and O–H groups in total. The number of alkyl halides is 3. The van der Waals surface area contributed by atoms with Crippen LogP contribution >= 0.6 is 11.6 Å². The van der Waals surface area contributed by atoms with E-state index in [1.54, 1.807) is 42.2 Å². The molecular formula is C30H39ClF3N3O5. The van der Waals surface area contributed by atoms with Crippen LogP contribution < -0.4 is 4.90 Å². The Bertz CT molecular complexity index is 1130. The molecule has 2 saturated heterocycles. The second kappa shape index (κ2) is 16.7. The average molecular weight is 614 g/mol. The van der Waals surface area contributed by atoms with E-state index in [0.717, 1.165) is 44.5 Å². The Hall–Kier alpha value is -2.86. The predicted molar refractivity (Wildman–Crippen MR) is 155 cm³/mol. The molecule has 0 aliphatic carbocycles. The standard InChI is InChI=1S/C29H38ClN3O5.CHF3/c1-31(18-19-37-2)28(35)25-9-8-22(20-26(25)30)32-14-10-23(11-15-32)38-24-12-16-33(17-13-24)29(36)27(34)21-6-4-3-5-7-21;2-1(3)4/h3-9,20,23-24,27,34H,10-19H2,1-2H3;1H/t27-;/m1./s1. The quantitative estimate of drug-likeness (QED) is 0.431.